The van der Waals surface area contributed by atoms with Crippen LogP contribution in [0.1, 0.15) is 5.56 Å². The summed E-state index contributed by atoms with van der Waals surface area (Å²) >= 11 is 3.42. The zero-order valence-electron chi connectivity index (χ0n) is 7.14. The first-order chi connectivity index (χ1) is 6.27. The van der Waals surface area contributed by atoms with E-state index in [1.54, 1.807) is 0 Å². The Kier molecular flexibility index (Phi) is 2.27. The van der Waals surface area contributed by atoms with Crippen LogP contribution in [0.4, 0.5) is 0 Å². The van der Waals surface area contributed by atoms with E-state index >= 15 is 0 Å². The molecule has 1 aromatic rings. The summed E-state index contributed by atoms with van der Waals surface area (Å²) in [5.41, 5.74) is 1.96. The molecule has 0 amide bonds. The molecule has 0 aliphatic carbocycles. The van der Waals surface area contributed by atoms with Gasteiger partial charge < -0.3 is 10.1 Å². The second-order valence-corrected chi connectivity index (χ2v) is 3.81. The normalized spacial score (nSPS) is 15.3. The Balaban J connectivity index is 2.49. The molecule has 3 heteroatoms. The standard InChI is InChI=1S/C10H10BrNO/c1-7-9-6-8(11)2-3-10(9)13-5-4-12-7/h2-3,6,12H,1,4-5H2. The summed E-state index contributed by atoms with van der Waals surface area (Å²) in [5, 5.41) is 3.19. The van der Waals surface area contributed by atoms with Crippen LogP contribution in [0.3, 0.4) is 0 Å². The molecule has 0 atom stereocenters. The van der Waals surface area contributed by atoms with Gasteiger partial charge in [0.05, 0.1) is 0 Å². The van der Waals surface area contributed by atoms with Crippen LogP contribution in [0.25, 0.3) is 5.70 Å². The van der Waals surface area contributed by atoms with Gasteiger partial charge in [0.15, 0.2) is 0 Å². The van der Waals surface area contributed by atoms with Gasteiger partial charge in [-0.05, 0) is 18.2 Å². The van der Waals surface area contributed by atoms with Crippen LogP contribution in [0.5, 0.6) is 5.75 Å². The van der Waals surface area contributed by atoms with Crippen molar-refractivity contribution in [1.29, 1.82) is 0 Å². The third kappa shape index (κ3) is 1.70. The van der Waals surface area contributed by atoms with Gasteiger partial charge in [0, 0.05) is 22.3 Å². The Bertz CT molecular complexity index is 349. The monoisotopic (exact) mass is 239 g/mol. The van der Waals surface area contributed by atoms with Gasteiger partial charge in [0.2, 0.25) is 0 Å². The first kappa shape index (κ1) is 8.63. The number of fused-ring (bicyclic) bond motifs is 1. The van der Waals surface area contributed by atoms with Gasteiger partial charge in [0.25, 0.3) is 0 Å². The highest BCUT2D eigenvalue weighted by Crippen LogP contribution is 2.28. The second kappa shape index (κ2) is 3.42. The van der Waals surface area contributed by atoms with Crippen LogP contribution in [-0.4, -0.2) is 13.2 Å². The highest BCUT2D eigenvalue weighted by Gasteiger charge is 2.11. The fourth-order valence-electron chi connectivity index (χ4n) is 1.32. The molecule has 0 spiro atoms. The molecule has 1 heterocycles. The van der Waals surface area contributed by atoms with Crippen LogP contribution in [0.2, 0.25) is 0 Å². The maximum absolute atomic E-state index is 5.53. The van der Waals surface area contributed by atoms with Crippen molar-refractivity contribution in [2.75, 3.05) is 13.2 Å². The molecule has 0 unspecified atom stereocenters. The predicted octanol–water partition coefficient (Wildman–Crippen LogP) is 2.40. The Morgan fingerprint density at radius 2 is 2.31 bits per heavy atom. The summed E-state index contributed by atoms with van der Waals surface area (Å²) in [4.78, 5) is 0. The second-order valence-electron chi connectivity index (χ2n) is 2.89. The fraction of sp³-hybridized carbons (Fsp3) is 0.200. The largest absolute Gasteiger partial charge is 0.491 e. The molecule has 1 aliphatic heterocycles. The van der Waals surface area contributed by atoms with Gasteiger partial charge in [-0.2, -0.15) is 0 Å². The first-order valence-corrected chi connectivity index (χ1v) is 4.92. The van der Waals surface area contributed by atoms with Crippen molar-refractivity contribution in [2.45, 2.75) is 0 Å². The zero-order valence-corrected chi connectivity index (χ0v) is 8.73. The van der Waals surface area contributed by atoms with Crippen molar-refractivity contribution in [3.05, 3.63) is 34.8 Å². The number of rotatable bonds is 0. The van der Waals surface area contributed by atoms with Crippen LogP contribution in [0, 0.1) is 0 Å². The van der Waals surface area contributed by atoms with Gasteiger partial charge in [0.1, 0.15) is 12.4 Å². The molecular weight excluding hydrogens is 230 g/mol. The smallest absolute Gasteiger partial charge is 0.128 e. The van der Waals surface area contributed by atoms with Crippen LogP contribution in [0.15, 0.2) is 29.3 Å². The van der Waals surface area contributed by atoms with Crippen molar-refractivity contribution >= 4 is 21.6 Å². The zero-order chi connectivity index (χ0) is 9.26. The SMILES string of the molecule is C=C1NCCOc2ccc(Br)cc21. The quantitative estimate of drug-likeness (QED) is 0.751. The number of benzene rings is 1. The maximum atomic E-state index is 5.53. The summed E-state index contributed by atoms with van der Waals surface area (Å²) in [5.74, 6) is 0.901. The molecule has 1 aliphatic rings. The van der Waals surface area contributed by atoms with Crippen LogP contribution < -0.4 is 10.1 Å². The highest BCUT2D eigenvalue weighted by atomic mass is 79.9. The minimum absolute atomic E-state index is 0.688. The van der Waals surface area contributed by atoms with Gasteiger partial charge in [-0.25, -0.2) is 0 Å². The molecule has 68 valence electrons. The highest BCUT2D eigenvalue weighted by molar-refractivity contribution is 9.10. The summed E-state index contributed by atoms with van der Waals surface area (Å²) in [6.07, 6.45) is 0. The third-order valence-electron chi connectivity index (χ3n) is 1.96. The lowest BCUT2D eigenvalue weighted by atomic mass is 10.1. The van der Waals surface area contributed by atoms with E-state index in [2.05, 4.69) is 27.8 Å². The molecule has 0 saturated carbocycles. The van der Waals surface area contributed by atoms with Crippen molar-refractivity contribution < 1.29 is 4.74 Å². The molecule has 0 fully saturated rings. The summed E-state index contributed by atoms with van der Waals surface area (Å²) in [6, 6.07) is 5.94. The molecule has 2 nitrogen and oxygen atoms in total. The van der Waals surface area contributed by atoms with E-state index in [1.807, 2.05) is 18.2 Å². The minimum atomic E-state index is 0.688. The van der Waals surface area contributed by atoms with E-state index in [9.17, 15) is 0 Å². The molecule has 13 heavy (non-hydrogen) atoms. The van der Waals surface area contributed by atoms with Gasteiger partial charge in [-0.15, -0.1) is 0 Å². The van der Waals surface area contributed by atoms with Gasteiger partial charge in [-0.1, -0.05) is 22.5 Å². The number of ether oxygens (including phenoxy) is 1. The Morgan fingerprint density at radius 3 is 3.15 bits per heavy atom. The number of hydrogen-bond donors (Lipinski definition) is 1. The average molecular weight is 240 g/mol. The lowest BCUT2D eigenvalue weighted by molar-refractivity contribution is 0.327. The lowest BCUT2D eigenvalue weighted by Gasteiger charge is -2.07. The predicted molar refractivity (Wildman–Crippen MR) is 56.7 cm³/mol. The average Bonchev–Trinajstić information content (AvgIpc) is 2.29. The Hall–Kier alpha value is -0.960. The van der Waals surface area contributed by atoms with E-state index < -0.39 is 0 Å². The van der Waals surface area contributed by atoms with Crippen LogP contribution in [-0.2, 0) is 0 Å². The maximum Gasteiger partial charge on any atom is 0.128 e. The Labute approximate surface area is 85.7 Å². The van der Waals surface area contributed by atoms with Gasteiger partial charge >= 0.3 is 0 Å². The van der Waals surface area contributed by atoms with Crippen molar-refractivity contribution in [3.63, 3.8) is 0 Å². The minimum Gasteiger partial charge on any atom is -0.491 e. The summed E-state index contributed by atoms with van der Waals surface area (Å²) in [7, 11) is 0. The van der Waals surface area contributed by atoms with E-state index in [4.69, 9.17) is 4.74 Å². The molecule has 2 rings (SSSR count). The molecular formula is C10H10BrNO. The molecule has 0 aromatic heterocycles. The van der Waals surface area contributed by atoms with Crippen molar-refractivity contribution in [2.24, 2.45) is 0 Å². The molecule has 0 bridgehead atoms. The fourth-order valence-corrected chi connectivity index (χ4v) is 1.68. The summed E-state index contributed by atoms with van der Waals surface area (Å²) < 4.78 is 6.57. The number of halogens is 1. The van der Waals surface area contributed by atoms with E-state index in [0.717, 1.165) is 28.0 Å². The first-order valence-electron chi connectivity index (χ1n) is 4.13. The van der Waals surface area contributed by atoms with E-state index in [0.29, 0.717) is 6.61 Å². The van der Waals surface area contributed by atoms with E-state index in [1.165, 1.54) is 0 Å². The lowest BCUT2D eigenvalue weighted by Crippen LogP contribution is -2.14. The van der Waals surface area contributed by atoms with Crippen molar-refractivity contribution in [1.82, 2.24) is 5.32 Å². The molecule has 0 radical (unpaired) electrons. The van der Waals surface area contributed by atoms with Crippen LogP contribution >= 0.6 is 15.9 Å². The summed E-state index contributed by atoms with van der Waals surface area (Å²) in [6.45, 7) is 5.44. The third-order valence-corrected chi connectivity index (χ3v) is 2.46. The van der Waals surface area contributed by atoms with Gasteiger partial charge in [-0.3, -0.25) is 0 Å². The topological polar surface area (TPSA) is 21.3 Å². The molecule has 1 aromatic carbocycles. The van der Waals surface area contributed by atoms with E-state index in [-0.39, 0.29) is 0 Å². The number of nitrogens with one attached hydrogen (secondary N) is 1. The Morgan fingerprint density at radius 1 is 1.46 bits per heavy atom. The molecule has 0 saturated heterocycles. The van der Waals surface area contributed by atoms with Crippen molar-refractivity contribution in [3.8, 4) is 5.75 Å². The number of hydrogen-bond acceptors (Lipinski definition) is 2. The molecule has 1 N–H and O–H groups in total.